The third kappa shape index (κ3) is 2.36. The van der Waals surface area contributed by atoms with Crippen molar-refractivity contribution in [2.75, 3.05) is 5.43 Å². The molecule has 3 aromatic rings. The molecule has 102 valence electrons. The molecule has 0 atom stereocenters. The summed E-state index contributed by atoms with van der Waals surface area (Å²) in [6.07, 6.45) is 1.59. The average Bonchev–Trinajstić information content (AvgIpc) is 2.82. The zero-order valence-electron chi connectivity index (χ0n) is 10.4. The van der Waals surface area contributed by atoms with E-state index in [1.54, 1.807) is 17.1 Å². The second-order valence-corrected chi connectivity index (χ2v) is 5.85. The molecule has 0 spiro atoms. The van der Waals surface area contributed by atoms with Crippen LogP contribution in [0.3, 0.4) is 0 Å². The zero-order chi connectivity index (χ0) is 14.2. The highest BCUT2D eigenvalue weighted by atomic mass is 32.2. The molecule has 0 fully saturated rings. The molecule has 20 heavy (non-hydrogen) atoms. The summed E-state index contributed by atoms with van der Waals surface area (Å²) in [7, 11) is -3.73. The number of para-hydroxylation sites is 1. The van der Waals surface area contributed by atoms with Crippen molar-refractivity contribution in [3.05, 3.63) is 54.9 Å². The number of hydrogen-bond acceptors (Lipinski definition) is 4. The minimum Gasteiger partial charge on any atom is -0.293 e. The van der Waals surface area contributed by atoms with E-state index in [0.29, 0.717) is 11.0 Å². The Morgan fingerprint density at radius 3 is 2.55 bits per heavy atom. The summed E-state index contributed by atoms with van der Waals surface area (Å²) >= 11 is 0. The number of sulfonamides is 1. The van der Waals surface area contributed by atoms with E-state index < -0.39 is 10.0 Å². The lowest BCUT2D eigenvalue weighted by molar-refractivity contribution is 0.598. The third-order valence-corrected chi connectivity index (χ3v) is 3.78. The van der Waals surface area contributed by atoms with Crippen molar-refractivity contribution >= 4 is 26.7 Å². The van der Waals surface area contributed by atoms with Gasteiger partial charge in [0.25, 0.3) is 0 Å². The first-order chi connectivity index (χ1) is 9.54. The van der Waals surface area contributed by atoms with Crippen LogP contribution < -0.4 is 10.6 Å². The number of imidazole rings is 1. The molecule has 0 aliphatic heterocycles. The fraction of sp³-hybridized carbons (Fsp3) is 0. The van der Waals surface area contributed by atoms with E-state index in [4.69, 9.17) is 5.14 Å². The topological polar surface area (TPSA) is 90.0 Å². The van der Waals surface area contributed by atoms with Gasteiger partial charge in [-0.25, -0.2) is 23.2 Å². The zero-order valence-corrected chi connectivity index (χ0v) is 11.2. The molecule has 0 aliphatic rings. The van der Waals surface area contributed by atoms with Crippen molar-refractivity contribution < 1.29 is 8.42 Å². The lowest BCUT2D eigenvalue weighted by Gasteiger charge is -2.08. The summed E-state index contributed by atoms with van der Waals surface area (Å²) in [6, 6.07) is 14.1. The molecule has 6 nitrogen and oxygen atoms in total. The molecule has 0 amide bonds. The monoisotopic (exact) mass is 288 g/mol. The van der Waals surface area contributed by atoms with E-state index in [2.05, 4.69) is 10.4 Å². The van der Waals surface area contributed by atoms with Gasteiger partial charge < -0.3 is 0 Å². The Morgan fingerprint density at radius 2 is 1.85 bits per heavy atom. The Morgan fingerprint density at radius 1 is 1.10 bits per heavy atom. The van der Waals surface area contributed by atoms with E-state index in [1.807, 2.05) is 30.3 Å². The highest BCUT2D eigenvalue weighted by Crippen LogP contribution is 2.18. The molecule has 0 saturated carbocycles. The number of nitrogens with one attached hydrogen (secondary N) is 1. The van der Waals surface area contributed by atoms with Gasteiger partial charge in [0.15, 0.2) is 0 Å². The van der Waals surface area contributed by atoms with E-state index >= 15 is 0 Å². The first kappa shape index (κ1) is 12.6. The molecular weight excluding hydrogens is 276 g/mol. The maximum Gasteiger partial charge on any atom is 0.238 e. The van der Waals surface area contributed by atoms with Crippen LogP contribution in [0.25, 0.3) is 11.0 Å². The molecule has 0 saturated heterocycles. The largest absolute Gasteiger partial charge is 0.293 e. The molecular formula is C13H12N4O2S. The Bertz CT molecular complexity index is 856. The van der Waals surface area contributed by atoms with Crippen LogP contribution in [0, 0.1) is 0 Å². The predicted molar refractivity (Wildman–Crippen MR) is 76.6 cm³/mol. The molecule has 1 aromatic heterocycles. The smallest absolute Gasteiger partial charge is 0.238 e. The number of fused-ring (bicyclic) bond motifs is 1. The second kappa shape index (κ2) is 4.62. The van der Waals surface area contributed by atoms with Gasteiger partial charge in [0, 0.05) is 0 Å². The summed E-state index contributed by atoms with van der Waals surface area (Å²) in [5.41, 5.74) is 5.31. The van der Waals surface area contributed by atoms with Crippen LogP contribution >= 0.6 is 0 Å². The molecule has 0 bridgehead atoms. The van der Waals surface area contributed by atoms with E-state index in [0.717, 1.165) is 5.69 Å². The summed E-state index contributed by atoms with van der Waals surface area (Å²) in [6.45, 7) is 0. The molecule has 2 aromatic carbocycles. The van der Waals surface area contributed by atoms with Gasteiger partial charge in [-0.2, -0.15) is 0 Å². The minimum atomic E-state index is -3.73. The molecule has 1 heterocycles. The van der Waals surface area contributed by atoms with Crippen molar-refractivity contribution in [2.45, 2.75) is 4.90 Å². The summed E-state index contributed by atoms with van der Waals surface area (Å²) < 4.78 is 24.4. The molecule has 3 N–H and O–H groups in total. The number of rotatable bonds is 3. The van der Waals surface area contributed by atoms with Gasteiger partial charge in [-0.15, -0.1) is 0 Å². The number of nitrogens with zero attached hydrogens (tertiary/aromatic N) is 2. The van der Waals surface area contributed by atoms with Crippen molar-refractivity contribution in [1.29, 1.82) is 0 Å². The summed E-state index contributed by atoms with van der Waals surface area (Å²) in [5.74, 6) is 0. The van der Waals surface area contributed by atoms with Gasteiger partial charge in [0.05, 0.1) is 21.6 Å². The number of primary sulfonamides is 1. The quantitative estimate of drug-likeness (QED) is 0.765. The van der Waals surface area contributed by atoms with Crippen molar-refractivity contribution in [2.24, 2.45) is 5.14 Å². The summed E-state index contributed by atoms with van der Waals surface area (Å²) in [5, 5.41) is 5.14. The Labute approximate surface area is 115 Å². The summed E-state index contributed by atoms with van der Waals surface area (Å²) in [4.78, 5) is 4.26. The Kier molecular flexibility index (Phi) is 2.92. The van der Waals surface area contributed by atoms with Crippen LogP contribution in [0.2, 0.25) is 0 Å². The molecule has 0 radical (unpaired) electrons. The number of benzene rings is 2. The highest BCUT2D eigenvalue weighted by molar-refractivity contribution is 7.89. The minimum absolute atomic E-state index is 0.0570. The van der Waals surface area contributed by atoms with Gasteiger partial charge in [-0.05, 0) is 30.3 Å². The molecule has 3 rings (SSSR count). The van der Waals surface area contributed by atoms with Gasteiger partial charge in [0.1, 0.15) is 6.33 Å². The van der Waals surface area contributed by atoms with Crippen LogP contribution in [-0.4, -0.2) is 18.1 Å². The molecule has 0 aliphatic carbocycles. The van der Waals surface area contributed by atoms with E-state index in [-0.39, 0.29) is 4.90 Å². The van der Waals surface area contributed by atoms with Crippen LogP contribution in [0.1, 0.15) is 0 Å². The maximum atomic E-state index is 11.4. The van der Waals surface area contributed by atoms with Crippen molar-refractivity contribution in [3.63, 3.8) is 0 Å². The lowest BCUT2D eigenvalue weighted by Crippen LogP contribution is -2.12. The second-order valence-electron chi connectivity index (χ2n) is 4.29. The lowest BCUT2D eigenvalue weighted by atomic mass is 10.3. The van der Waals surface area contributed by atoms with Gasteiger partial charge >= 0.3 is 0 Å². The molecule has 7 heteroatoms. The number of nitrogens with two attached hydrogens (primary N) is 1. The van der Waals surface area contributed by atoms with E-state index in [9.17, 15) is 8.42 Å². The number of hydrogen-bond donors (Lipinski definition) is 2. The van der Waals surface area contributed by atoms with Gasteiger partial charge in [-0.3, -0.25) is 5.43 Å². The normalized spacial score (nSPS) is 11.7. The van der Waals surface area contributed by atoms with Gasteiger partial charge in [-0.1, -0.05) is 18.2 Å². The van der Waals surface area contributed by atoms with Gasteiger partial charge in [0.2, 0.25) is 10.0 Å². The first-order valence-corrected chi connectivity index (χ1v) is 7.41. The fourth-order valence-electron chi connectivity index (χ4n) is 1.91. The standard InChI is InChI=1S/C13H12N4O2S/c14-20(18,19)11-6-7-12-13(8-11)17(9-15-12)16-10-4-2-1-3-5-10/h1-9,16H,(H2,14,18,19). The SMILES string of the molecule is NS(=O)(=O)c1ccc2ncn(Nc3ccccc3)c2c1. The maximum absolute atomic E-state index is 11.4. The van der Waals surface area contributed by atoms with Crippen molar-refractivity contribution in [1.82, 2.24) is 9.66 Å². The van der Waals surface area contributed by atoms with Crippen LogP contribution in [0.15, 0.2) is 59.8 Å². The van der Waals surface area contributed by atoms with Crippen molar-refractivity contribution in [3.8, 4) is 0 Å². The average molecular weight is 288 g/mol. The van der Waals surface area contributed by atoms with Crippen LogP contribution in [0.5, 0.6) is 0 Å². The molecule has 0 unspecified atom stereocenters. The third-order valence-electron chi connectivity index (χ3n) is 2.87. The predicted octanol–water partition coefficient (Wildman–Crippen LogP) is 1.56. The Balaban J connectivity index is 2.08. The fourth-order valence-corrected chi connectivity index (χ4v) is 2.44. The van der Waals surface area contributed by atoms with E-state index in [1.165, 1.54) is 12.1 Å². The first-order valence-electron chi connectivity index (χ1n) is 5.86. The van der Waals surface area contributed by atoms with Crippen LogP contribution in [-0.2, 0) is 10.0 Å². The Hall–Kier alpha value is -2.38. The number of anilines is 1. The van der Waals surface area contributed by atoms with Crippen LogP contribution in [0.4, 0.5) is 5.69 Å². The highest BCUT2D eigenvalue weighted by Gasteiger charge is 2.11. The number of aromatic nitrogens is 2.